The van der Waals surface area contributed by atoms with Crippen molar-refractivity contribution >= 4 is 54.3 Å². The highest BCUT2D eigenvalue weighted by molar-refractivity contribution is 6.22. The standard InChI is InChI=1S/C42H26O/c1-2-10-27(11-3-1)28-18-20-30(21-19-28)40-33-14-6-8-16-35(33)41(36-17-9-7-15-34(36)40)31-23-25-39-38(26-31)37-24-22-29-12-4-5-13-32(29)42(37)43-39/h1-26H/i1D,2D,3D,10D,11D. The van der Waals surface area contributed by atoms with Gasteiger partial charge in [-0.05, 0) is 78.5 Å². The maximum Gasteiger partial charge on any atom is 0.143 e. The van der Waals surface area contributed by atoms with Crippen molar-refractivity contribution in [1.29, 1.82) is 0 Å². The minimum atomic E-state index is -0.392. The van der Waals surface area contributed by atoms with Crippen LogP contribution in [0.5, 0.6) is 0 Å². The van der Waals surface area contributed by atoms with Gasteiger partial charge in [-0.15, -0.1) is 0 Å². The first-order chi connectivity index (χ1) is 23.4. The van der Waals surface area contributed by atoms with E-state index in [0.29, 0.717) is 5.56 Å². The Morgan fingerprint density at radius 1 is 0.395 bits per heavy atom. The zero-order valence-electron chi connectivity index (χ0n) is 28.0. The Hall–Kier alpha value is -5.66. The molecule has 0 saturated heterocycles. The van der Waals surface area contributed by atoms with E-state index in [-0.39, 0.29) is 29.7 Å². The number of rotatable bonds is 3. The van der Waals surface area contributed by atoms with Crippen molar-refractivity contribution in [2.45, 2.75) is 0 Å². The highest BCUT2D eigenvalue weighted by Crippen LogP contribution is 2.45. The molecule has 1 heterocycles. The van der Waals surface area contributed by atoms with Gasteiger partial charge >= 0.3 is 0 Å². The second kappa shape index (κ2) is 9.44. The average Bonchev–Trinajstić information content (AvgIpc) is 3.51. The van der Waals surface area contributed by atoms with Crippen LogP contribution >= 0.6 is 0 Å². The van der Waals surface area contributed by atoms with Crippen LogP contribution in [0.1, 0.15) is 6.85 Å². The molecule has 0 N–H and O–H groups in total. The fourth-order valence-electron chi connectivity index (χ4n) is 6.61. The summed E-state index contributed by atoms with van der Waals surface area (Å²) in [6.45, 7) is 0. The van der Waals surface area contributed by atoms with Gasteiger partial charge in [0.25, 0.3) is 0 Å². The Morgan fingerprint density at radius 3 is 1.63 bits per heavy atom. The summed E-state index contributed by atoms with van der Waals surface area (Å²) < 4.78 is 47.6. The van der Waals surface area contributed by atoms with Crippen LogP contribution in [0, 0.1) is 0 Å². The Labute approximate surface area is 256 Å². The molecule has 0 amide bonds. The zero-order chi connectivity index (χ0) is 32.7. The number of hydrogen-bond donors (Lipinski definition) is 0. The third-order valence-electron chi connectivity index (χ3n) is 8.54. The maximum absolute atomic E-state index is 8.45. The molecule has 0 bridgehead atoms. The molecule has 8 aromatic carbocycles. The maximum atomic E-state index is 8.45. The molecule has 0 saturated carbocycles. The van der Waals surface area contributed by atoms with Crippen molar-refractivity contribution in [2.24, 2.45) is 0 Å². The monoisotopic (exact) mass is 551 g/mol. The molecule has 9 rings (SSSR count). The molecule has 0 radical (unpaired) electrons. The fraction of sp³-hybridized carbons (Fsp3) is 0. The third-order valence-corrected chi connectivity index (χ3v) is 8.54. The number of benzene rings is 8. The van der Waals surface area contributed by atoms with Crippen molar-refractivity contribution in [1.82, 2.24) is 0 Å². The van der Waals surface area contributed by atoms with Crippen LogP contribution < -0.4 is 0 Å². The van der Waals surface area contributed by atoms with E-state index in [0.717, 1.165) is 76.5 Å². The first kappa shape index (κ1) is 19.5. The summed E-state index contributed by atoms with van der Waals surface area (Å²) in [6.07, 6.45) is 0. The molecule has 1 nitrogen and oxygen atoms in total. The molecule has 0 fully saturated rings. The molecule has 0 aliphatic rings. The van der Waals surface area contributed by atoms with Crippen LogP contribution in [-0.4, -0.2) is 0 Å². The predicted octanol–water partition coefficient (Wildman–Crippen LogP) is 12.0. The van der Waals surface area contributed by atoms with Crippen LogP contribution in [0.2, 0.25) is 0 Å². The number of fused-ring (bicyclic) bond motifs is 7. The molecule has 0 aliphatic carbocycles. The Bertz CT molecular complexity index is 2690. The van der Waals surface area contributed by atoms with Gasteiger partial charge in [-0.1, -0.05) is 139 Å². The van der Waals surface area contributed by atoms with E-state index in [1.54, 1.807) is 0 Å². The quantitative estimate of drug-likeness (QED) is 0.199. The molecule has 9 aromatic rings. The van der Waals surface area contributed by atoms with E-state index in [1.165, 1.54) is 0 Å². The summed E-state index contributed by atoms with van der Waals surface area (Å²) in [4.78, 5) is 0. The van der Waals surface area contributed by atoms with E-state index in [1.807, 2.05) is 36.4 Å². The zero-order valence-corrected chi connectivity index (χ0v) is 23.0. The van der Waals surface area contributed by atoms with E-state index >= 15 is 0 Å². The lowest BCUT2D eigenvalue weighted by molar-refractivity contribution is 0.672. The summed E-state index contributed by atoms with van der Waals surface area (Å²) in [5.41, 5.74) is 6.85. The van der Waals surface area contributed by atoms with Crippen LogP contribution in [0.4, 0.5) is 0 Å². The molecule has 0 unspecified atom stereocenters. The Balaban J connectivity index is 1.26. The predicted molar refractivity (Wildman–Crippen MR) is 183 cm³/mol. The van der Waals surface area contributed by atoms with Gasteiger partial charge in [-0.3, -0.25) is 0 Å². The van der Waals surface area contributed by atoms with E-state index in [2.05, 4.69) is 91.0 Å². The smallest absolute Gasteiger partial charge is 0.143 e. The molecular formula is C42H26O. The molecule has 0 atom stereocenters. The highest BCUT2D eigenvalue weighted by Gasteiger charge is 2.18. The largest absolute Gasteiger partial charge is 0.455 e. The van der Waals surface area contributed by atoms with Gasteiger partial charge < -0.3 is 4.42 Å². The average molecular weight is 552 g/mol. The van der Waals surface area contributed by atoms with Crippen molar-refractivity contribution in [3.05, 3.63) is 158 Å². The lowest BCUT2D eigenvalue weighted by atomic mass is 9.85. The second-order valence-corrected chi connectivity index (χ2v) is 10.9. The number of hydrogen-bond acceptors (Lipinski definition) is 1. The van der Waals surface area contributed by atoms with Gasteiger partial charge in [0.1, 0.15) is 11.2 Å². The van der Waals surface area contributed by atoms with Crippen LogP contribution in [-0.2, 0) is 0 Å². The van der Waals surface area contributed by atoms with Crippen molar-refractivity contribution in [3.8, 4) is 33.4 Å². The summed E-state index contributed by atoms with van der Waals surface area (Å²) in [5, 5.41) is 8.87. The fourth-order valence-corrected chi connectivity index (χ4v) is 6.61. The molecule has 1 aromatic heterocycles. The van der Waals surface area contributed by atoms with Crippen LogP contribution in [0.3, 0.4) is 0 Å². The normalized spacial score (nSPS) is 13.3. The number of furan rings is 1. The lowest BCUT2D eigenvalue weighted by Crippen LogP contribution is -1.91. The summed E-state index contributed by atoms with van der Waals surface area (Å²) >= 11 is 0. The Kier molecular flexibility index (Phi) is 4.27. The molecule has 1 heteroatoms. The van der Waals surface area contributed by atoms with Crippen molar-refractivity contribution in [3.63, 3.8) is 0 Å². The first-order valence-electron chi connectivity index (χ1n) is 16.9. The molecule has 43 heavy (non-hydrogen) atoms. The van der Waals surface area contributed by atoms with Gasteiger partial charge in [0, 0.05) is 16.2 Å². The van der Waals surface area contributed by atoms with Crippen molar-refractivity contribution < 1.29 is 11.3 Å². The van der Waals surface area contributed by atoms with Crippen LogP contribution in [0.25, 0.3) is 87.6 Å². The second-order valence-electron chi connectivity index (χ2n) is 10.9. The minimum Gasteiger partial charge on any atom is -0.455 e. The van der Waals surface area contributed by atoms with Gasteiger partial charge in [0.05, 0.1) is 6.85 Å². The molecule has 200 valence electrons. The molecule has 0 aliphatic heterocycles. The molecular weight excluding hydrogens is 520 g/mol. The highest BCUT2D eigenvalue weighted by atomic mass is 16.3. The van der Waals surface area contributed by atoms with Gasteiger partial charge in [-0.2, -0.15) is 0 Å². The summed E-state index contributed by atoms with van der Waals surface area (Å²) in [5.74, 6) is 0. The minimum absolute atomic E-state index is 0.202. The topological polar surface area (TPSA) is 13.1 Å². The van der Waals surface area contributed by atoms with Crippen molar-refractivity contribution in [2.75, 3.05) is 0 Å². The first-order valence-corrected chi connectivity index (χ1v) is 14.4. The summed E-state index contributed by atoms with van der Waals surface area (Å²) in [7, 11) is 0. The Morgan fingerprint density at radius 2 is 0.953 bits per heavy atom. The SMILES string of the molecule is [2H]c1c([2H])c([2H])c(-c2ccc(-c3c4ccccc4c(-c4ccc5oc6c7ccccc7ccc6c5c4)c4ccccc34)cc2)c([2H])c1[2H]. The van der Waals surface area contributed by atoms with E-state index < -0.39 is 6.04 Å². The summed E-state index contributed by atoms with van der Waals surface area (Å²) in [6, 6.07) is 42.2. The van der Waals surface area contributed by atoms with Gasteiger partial charge in [0.2, 0.25) is 0 Å². The lowest BCUT2D eigenvalue weighted by Gasteiger charge is -2.18. The van der Waals surface area contributed by atoms with Gasteiger partial charge in [-0.25, -0.2) is 0 Å². The van der Waals surface area contributed by atoms with E-state index in [4.69, 9.17) is 11.3 Å². The van der Waals surface area contributed by atoms with Crippen LogP contribution in [0.15, 0.2) is 162 Å². The van der Waals surface area contributed by atoms with Gasteiger partial charge in [0.15, 0.2) is 0 Å². The molecule has 0 spiro atoms. The van der Waals surface area contributed by atoms with E-state index in [9.17, 15) is 0 Å². The third kappa shape index (κ3) is 3.72.